The number of nitrogens with one attached hydrogen (secondary N) is 5. The number of amides is 2. The number of nitrogens with zero attached hydrogens (tertiary/aromatic N) is 4. The lowest BCUT2D eigenvalue weighted by atomic mass is 9.80. The summed E-state index contributed by atoms with van der Waals surface area (Å²) in [4.78, 5) is 54.6. The number of carbonyl (C=O) groups is 2. The number of methoxy groups -OCH3 is 1. The highest BCUT2D eigenvalue weighted by molar-refractivity contribution is 5.85. The Bertz CT molecular complexity index is 2940. The average Bonchev–Trinajstić information content (AvgIpc) is 4.24. The molecule has 344 valence electrons. The largest absolute Gasteiger partial charge is 0.453 e. The van der Waals surface area contributed by atoms with Gasteiger partial charge in [-0.1, -0.05) is 105 Å². The summed E-state index contributed by atoms with van der Waals surface area (Å²) in [6, 6.07) is 33.7. The van der Waals surface area contributed by atoms with E-state index in [1.54, 1.807) is 0 Å². The minimum absolute atomic E-state index is 0.0412. The standard InChI is InChI=1S/C55H61N9O3/c1-4-35(2)40-25-27-63(34-43(60-55(66)67-3)28-42-31-57-47-13-8-6-11-45(42)47)51(29-40)54-59-33-49(62-54)39-21-17-37(18-22-39)36-15-19-38(20-16-36)48-32-58-53(61-48)50-14-9-26-64(50)52(65)24-23-41-30-56-46-12-7-5-10-44(41)46/h5-8,10-13,15-22,30-33,35,40,43,50-51,56-57H,4,9,14,23-29,34H2,1-3H3,(H,58,61)(H,59,62)(H,60,66). The maximum atomic E-state index is 13.5. The number of likely N-dealkylation sites (tertiary alicyclic amines) is 2. The molecule has 67 heavy (non-hydrogen) atoms. The lowest BCUT2D eigenvalue weighted by Gasteiger charge is -2.42. The van der Waals surface area contributed by atoms with Gasteiger partial charge in [-0.2, -0.15) is 0 Å². The van der Waals surface area contributed by atoms with Gasteiger partial charge in [-0.05, 0) is 102 Å². The maximum Gasteiger partial charge on any atom is 0.407 e. The fourth-order valence-electron chi connectivity index (χ4n) is 10.7. The highest BCUT2D eigenvalue weighted by Gasteiger charge is 2.36. The van der Waals surface area contributed by atoms with Gasteiger partial charge in [0.1, 0.15) is 11.6 Å². The van der Waals surface area contributed by atoms with Crippen LogP contribution in [0.4, 0.5) is 4.79 Å². The van der Waals surface area contributed by atoms with Crippen molar-refractivity contribution in [3.8, 4) is 33.6 Å². The van der Waals surface area contributed by atoms with Crippen molar-refractivity contribution in [3.05, 3.63) is 145 Å². The Labute approximate surface area is 392 Å². The van der Waals surface area contributed by atoms with Crippen LogP contribution in [0.25, 0.3) is 55.4 Å². The summed E-state index contributed by atoms with van der Waals surface area (Å²) in [7, 11) is 1.42. The zero-order valence-corrected chi connectivity index (χ0v) is 38.7. The van der Waals surface area contributed by atoms with Gasteiger partial charge in [0, 0.05) is 59.8 Å². The zero-order chi connectivity index (χ0) is 45.9. The number of fused-ring (bicyclic) bond motifs is 2. The Balaban J connectivity index is 0.801. The van der Waals surface area contributed by atoms with Gasteiger partial charge >= 0.3 is 6.09 Å². The van der Waals surface area contributed by atoms with Crippen molar-refractivity contribution in [3.63, 3.8) is 0 Å². The normalized spacial score (nSPS) is 18.7. The Kier molecular flexibility index (Phi) is 12.8. The van der Waals surface area contributed by atoms with E-state index in [4.69, 9.17) is 14.7 Å². The summed E-state index contributed by atoms with van der Waals surface area (Å²) in [5.74, 6) is 3.18. The van der Waals surface area contributed by atoms with Crippen LogP contribution in [0.1, 0.15) is 87.2 Å². The van der Waals surface area contributed by atoms with E-state index in [2.05, 4.69) is 129 Å². The molecule has 0 saturated carbocycles. The van der Waals surface area contributed by atoms with E-state index in [0.29, 0.717) is 37.6 Å². The molecule has 2 amide bonds. The molecule has 0 bridgehead atoms. The van der Waals surface area contributed by atoms with Crippen molar-refractivity contribution >= 4 is 33.8 Å². The van der Waals surface area contributed by atoms with Gasteiger partial charge in [-0.3, -0.25) is 9.69 Å². The first-order chi connectivity index (χ1) is 32.8. The molecule has 5 N–H and O–H groups in total. The van der Waals surface area contributed by atoms with Crippen molar-refractivity contribution in [1.29, 1.82) is 0 Å². The van der Waals surface area contributed by atoms with E-state index in [0.717, 1.165) is 102 Å². The summed E-state index contributed by atoms with van der Waals surface area (Å²) >= 11 is 0. The Morgan fingerprint density at radius 3 is 1.96 bits per heavy atom. The molecule has 2 fully saturated rings. The number of aromatic nitrogens is 6. The van der Waals surface area contributed by atoms with Crippen LogP contribution in [0, 0.1) is 11.8 Å². The molecule has 4 aromatic carbocycles. The van der Waals surface area contributed by atoms with Gasteiger partial charge in [-0.15, -0.1) is 0 Å². The van der Waals surface area contributed by atoms with Crippen LogP contribution in [0.5, 0.6) is 0 Å². The monoisotopic (exact) mass is 895 g/mol. The van der Waals surface area contributed by atoms with Crippen LogP contribution < -0.4 is 5.32 Å². The molecule has 12 nitrogen and oxygen atoms in total. The molecule has 2 aliphatic heterocycles. The number of aryl methyl sites for hydroxylation is 1. The first kappa shape index (κ1) is 43.9. The molecule has 12 heteroatoms. The number of imidazole rings is 2. The number of alkyl carbamates (subject to hydrolysis) is 1. The first-order valence-corrected chi connectivity index (χ1v) is 24.1. The molecule has 8 aromatic rings. The van der Waals surface area contributed by atoms with Gasteiger partial charge in [0.15, 0.2) is 0 Å². The van der Waals surface area contributed by atoms with Gasteiger partial charge in [-0.25, -0.2) is 14.8 Å². The molecule has 6 heterocycles. The minimum Gasteiger partial charge on any atom is -0.453 e. The lowest BCUT2D eigenvalue weighted by molar-refractivity contribution is -0.132. The number of ether oxygens (including phenoxy) is 1. The maximum absolute atomic E-state index is 13.5. The SMILES string of the molecule is CCC(C)C1CCN(CC(Cc2c[nH]c3ccccc23)NC(=O)OC)C(c2ncc(-c3ccc(-c4ccc(-c5cnc(C6CCCN6C(=O)CCc6c[nH]c7ccccc67)[nH]5)cc4)cc3)[nH]2)C1. The quantitative estimate of drug-likeness (QED) is 0.0691. The second-order valence-corrected chi connectivity index (χ2v) is 18.7. The molecule has 0 aliphatic carbocycles. The van der Waals surface area contributed by atoms with Crippen molar-refractivity contribution in [2.24, 2.45) is 11.8 Å². The predicted molar refractivity (Wildman–Crippen MR) is 265 cm³/mol. The fraction of sp³-hybridized carbons (Fsp3) is 0.345. The van der Waals surface area contributed by atoms with Gasteiger partial charge in [0.2, 0.25) is 5.91 Å². The molecule has 5 unspecified atom stereocenters. The third-order valence-electron chi connectivity index (χ3n) is 14.7. The van der Waals surface area contributed by atoms with Crippen molar-refractivity contribution in [2.75, 3.05) is 26.7 Å². The summed E-state index contributed by atoms with van der Waals surface area (Å²) in [6.07, 6.45) is 14.5. The summed E-state index contributed by atoms with van der Waals surface area (Å²) in [6.45, 7) is 7.00. The highest BCUT2D eigenvalue weighted by Crippen LogP contribution is 2.39. The number of hydrogen-bond acceptors (Lipinski definition) is 6. The lowest BCUT2D eigenvalue weighted by Crippen LogP contribution is -2.49. The van der Waals surface area contributed by atoms with E-state index in [1.807, 2.05) is 41.7 Å². The molecule has 2 saturated heterocycles. The third kappa shape index (κ3) is 9.40. The Morgan fingerprint density at radius 2 is 1.33 bits per heavy atom. The number of H-pyrrole nitrogens is 4. The average molecular weight is 896 g/mol. The molecular weight excluding hydrogens is 835 g/mol. The molecule has 5 atom stereocenters. The van der Waals surface area contributed by atoms with Gasteiger partial charge < -0.3 is 34.9 Å². The van der Waals surface area contributed by atoms with E-state index >= 15 is 0 Å². The second kappa shape index (κ2) is 19.5. The molecule has 4 aromatic heterocycles. The third-order valence-corrected chi connectivity index (χ3v) is 14.7. The summed E-state index contributed by atoms with van der Waals surface area (Å²) in [5, 5.41) is 5.51. The Hall–Kier alpha value is -6.92. The van der Waals surface area contributed by atoms with Crippen LogP contribution in [-0.4, -0.2) is 84.5 Å². The number of carbonyl (C=O) groups excluding carboxylic acids is 2. The van der Waals surface area contributed by atoms with Crippen LogP contribution in [0.15, 0.2) is 122 Å². The van der Waals surface area contributed by atoms with Crippen molar-refractivity contribution < 1.29 is 14.3 Å². The summed E-state index contributed by atoms with van der Waals surface area (Å²) < 4.78 is 5.10. The van der Waals surface area contributed by atoms with Crippen molar-refractivity contribution in [1.82, 2.24) is 45.0 Å². The predicted octanol–water partition coefficient (Wildman–Crippen LogP) is 11.2. The van der Waals surface area contributed by atoms with Gasteiger partial charge in [0.05, 0.1) is 43.0 Å². The topological polar surface area (TPSA) is 151 Å². The zero-order valence-electron chi connectivity index (χ0n) is 38.7. The molecule has 2 aliphatic rings. The van der Waals surface area contributed by atoms with Crippen LogP contribution in [0.3, 0.4) is 0 Å². The molecule has 0 spiro atoms. The second-order valence-electron chi connectivity index (χ2n) is 18.7. The minimum atomic E-state index is -0.419. The number of hydrogen-bond donors (Lipinski definition) is 5. The van der Waals surface area contributed by atoms with Gasteiger partial charge in [0.25, 0.3) is 0 Å². The van der Waals surface area contributed by atoms with E-state index in [-0.39, 0.29) is 24.0 Å². The molecule has 10 rings (SSSR count). The highest BCUT2D eigenvalue weighted by atomic mass is 16.5. The van der Waals surface area contributed by atoms with Crippen molar-refractivity contribution in [2.45, 2.75) is 83.3 Å². The number of piperidine rings is 1. The molecular formula is C55H61N9O3. The van der Waals surface area contributed by atoms with Crippen LogP contribution in [0.2, 0.25) is 0 Å². The number of para-hydroxylation sites is 2. The fourth-order valence-corrected chi connectivity index (χ4v) is 10.7. The van der Waals surface area contributed by atoms with E-state index < -0.39 is 6.09 Å². The number of aromatic amines is 4. The van der Waals surface area contributed by atoms with Crippen LogP contribution in [-0.2, 0) is 22.4 Å². The number of rotatable bonds is 15. The Morgan fingerprint density at radius 1 is 0.746 bits per heavy atom. The summed E-state index contributed by atoms with van der Waals surface area (Å²) in [5.41, 5.74) is 10.9. The smallest absolute Gasteiger partial charge is 0.407 e. The first-order valence-electron chi connectivity index (χ1n) is 24.1. The number of benzene rings is 4. The van der Waals surface area contributed by atoms with E-state index in [9.17, 15) is 9.59 Å². The van der Waals surface area contributed by atoms with E-state index in [1.165, 1.54) is 29.0 Å². The van der Waals surface area contributed by atoms with Crippen LogP contribution >= 0.6 is 0 Å². The molecule has 0 radical (unpaired) electrons.